The summed E-state index contributed by atoms with van der Waals surface area (Å²) in [5.74, 6) is 5.07. The number of thiophene rings is 1. The van der Waals surface area contributed by atoms with Crippen molar-refractivity contribution in [3.05, 3.63) is 46.4 Å². The number of hydrogen-bond acceptors (Lipinski definition) is 4. The van der Waals surface area contributed by atoms with E-state index in [1.807, 2.05) is 0 Å². The molecule has 2 aromatic rings. The zero-order valence-electron chi connectivity index (χ0n) is 9.38. The van der Waals surface area contributed by atoms with Crippen molar-refractivity contribution in [3.63, 3.8) is 0 Å². The van der Waals surface area contributed by atoms with Crippen LogP contribution in [-0.4, -0.2) is 22.6 Å². The van der Waals surface area contributed by atoms with Gasteiger partial charge in [0, 0.05) is 23.6 Å². The van der Waals surface area contributed by atoms with Crippen molar-refractivity contribution in [1.29, 1.82) is 0 Å². The van der Waals surface area contributed by atoms with Gasteiger partial charge >= 0.3 is 0 Å². The van der Waals surface area contributed by atoms with Gasteiger partial charge in [-0.1, -0.05) is 11.8 Å². The molecule has 90 valence electrons. The number of rotatable bonds is 2. The molecular weight excluding hydrogens is 248 g/mol. The molecule has 4 nitrogen and oxygen atoms in total. The van der Waals surface area contributed by atoms with Crippen molar-refractivity contribution in [2.45, 2.75) is 0 Å². The third-order valence-electron chi connectivity index (χ3n) is 2.11. The molecule has 0 aliphatic carbocycles. The number of carbonyl (C=O) groups is 1. The van der Waals surface area contributed by atoms with Gasteiger partial charge in [-0.05, 0) is 23.6 Å². The fraction of sp³-hybridized carbons (Fsp3) is 0.0769. The van der Waals surface area contributed by atoms with E-state index in [1.54, 1.807) is 36.0 Å². The molecule has 0 aliphatic rings. The first kappa shape index (κ1) is 12.3. The van der Waals surface area contributed by atoms with Crippen LogP contribution in [0, 0.1) is 11.8 Å². The molecule has 2 heterocycles. The lowest BCUT2D eigenvalue weighted by Crippen LogP contribution is -2.11. The predicted octanol–water partition coefficient (Wildman–Crippen LogP) is 1.74. The third-order valence-corrected chi connectivity index (χ3v) is 3.02. The van der Waals surface area contributed by atoms with Gasteiger partial charge in [0.2, 0.25) is 0 Å². The Balaban J connectivity index is 2.17. The van der Waals surface area contributed by atoms with Gasteiger partial charge in [-0.25, -0.2) is 0 Å². The number of aliphatic hydroxyl groups excluding tert-OH is 1. The Bertz CT molecular complexity index is 596. The van der Waals surface area contributed by atoms with Crippen molar-refractivity contribution in [1.82, 2.24) is 4.98 Å². The fourth-order valence-electron chi connectivity index (χ4n) is 1.34. The second kappa shape index (κ2) is 5.96. The lowest BCUT2D eigenvalue weighted by Gasteiger charge is -2.02. The average molecular weight is 258 g/mol. The maximum atomic E-state index is 12.0. The highest BCUT2D eigenvalue weighted by Gasteiger charge is 2.11. The van der Waals surface area contributed by atoms with Crippen molar-refractivity contribution in [2.75, 3.05) is 11.9 Å². The van der Waals surface area contributed by atoms with Crippen LogP contribution in [0.1, 0.15) is 15.2 Å². The zero-order chi connectivity index (χ0) is 12.8. The van der Waals surface area contributed by atoms with E-state index in [4.69, 9.17) is 5.11 Å². The molecule has 2 rings (SSSR count). The molecule has 0 aromatic carbocycles. The highest BCUT2D eigenvalue weighted by atomic mass is 32.1. The number of amides is 1. The van der Waals surface area contributed by atoms with E-state index in [9.17, 15) is 4.79 Å². The van der Waals surface area contributed by atoms with E-state index in [0.29, 0.717) is 16.1 Å². The van der Waals surface area contributed by atoms with Crippen LogP contribution < -0.4 is 5.32 Å². The van der Waals surface area contributed by atoms with Crippen LogP contribution in [0.4, 0.5) is 5.69 Å². The zero-order valence-corrected chi connectivity index (χ0v) is 10.2. The maximum absolute atomic E-state index is 12.0. The van der Waals surface area contributed by atoms with Gasteiger partial charge in [-0.3, -0.25) is 9.78 Å². The number of nitrogens with one attached hydrogen (secondary N) is 1. The molecule has 0 saturated carbocycles. The Morgan fingerprint density at radius 3 is 2.89 bits per heavy atom. The summed E-state index contributed by atoms with van der Waals surface area (Å²) in [7, 11) is 0. The topological polar surface area (TPSA) is 62.2 Å². The van der Waals surface area contributed by atoms with E-state index in [-0.39, 0.29) is 12.5 Å². The highest BCUT2D eigenvalue weighted by Crippen LogP contribution is 2.17. The molecule has 0 bridgehead atoms. The van der Waals surface area contributed by atoms with Gasteiger partial charge in [0.15, 0.2) is 0 Å². The normalized spacial score (nSPS) is 9.39. The molecule has 0 aliphatic heterocycles. The van der Waals surface area contributed by atoms with Crippen LogP contribution in [0.5, 0.6) is 0 Å². The molecule has 0 atom stereocenters. The average Bonchev–Trinajstić information content (AvgIpc) is 2.86. The molecule has 0 saturated heterocycles. The molecule has 0 spiro atoms. The number of carbonyl (C=O) groups excluding carboxylic acids is 1. The second-order valence-corrected chi connectivity index (χ2v) is 4.23. The van der Waals surface area contributed by atoms with E-state index in [2.05, 4.69) is 22.1 Å². The molecule has 2 N–H and O–H groups in total. The number of aromatic nitrogens is 1. The Labute approximate surface area is 108 Å². The molecule has 0 radical (unpaired) electrons. The Morgan fingerprint density at radius 1 is 1.39 bits per heavy atom. The summed E-state index contributed by atoms with van der Waals surface area (Å²) in [5.41, 5.74) is 1.31. The van der Waals surface area contributed by atoms with Gasteiger partial charge in [-0.2, -0.15) is 0 Å². The summed E-state index contributed by atoms with van der Waals surface area (Å²) in [6, 6.07) is 5.18. The first-order chi connectivity index (χ1) is 8.81. The van der Waals surface area contributed by atoms with Crippen LogP contribution in [0.3, 0.4) is 0 Å². The largest absolute Gasteiger partial charge is 0.384 e. The quantitative estimate of drug-likeness (QED) is 0.806. The van der Waals surface area contributed by atoms with Crippen LogP contribution in [0.25, 0.3) is 0 Å². The number of pyridine rings is 1. The molecular formula is C13H10N2O2S. The van der Waals surface area contributed by atoms with Crippen molar-refractivity contribution < 1.29 is 9.90 Å². The number of aliphatic hydroxyl groups is 1. The first-order valence-electron chi connectivity index (χ1n) is 5.20. The summed E-state index contributed by atoms with van der Waals surface area (Å²) in [5, 5.41) is 13.2. The van der Waals surface area contributed by atoms with E-state index in [1.165, 1.54) is 11.3 Å². The molecule has 5 heteroatoms. The minimum atomic E-state index is -0.221. The predicted molar refractivity (Wildman–Crippen MR) is 70.5 cm³/mol. The van der Waals surface area contributed by atoms with Crippen LogP contribution >= 0.6 is 11.3 Å². The minimum absolute atomic E-state index is 0.210. The fourth-order valence-corrected chi connectivity index (χ4v) is 2.09. The Morgan fingerprint density at radius 2 is 2.17 bits per heavy atom. The van der Waals surface area contributed by atoms with E-state index >= 15 is 0 Å². The van der Waals surface area contributed by atoms with Gasteiger partial charge in [0.05, 0.1) is 0 Å². The van der Waals surface area contributed by atoms with Gasteiger partial charge in [-0.15, -0.1) is 11.3 Å². The summed E-state index contributed by atoms with van der Waals surface area (Å²) in [6.45, 7) is -0.221. The summed E-state index contributed by atoms with van der Waals surface area (Å²) in [4.78, 5) is 16.4. The van der Waals surface area contributed by atoms with Crippen LogP contribution in [0.15, 0.2) is 36.0 Å². The van der Waals surface area contributed by atoms with Gasteiger partial charge in [0.1, 0.15) is 11.5 Å². The smallest absolute Gasteiger partial charge is 0.267 e. The summed E-state index contributed by atoms with van der Waals surface area (Å²) in [6.07, 6.45) is 3.22. The number of anilines is 1. The highest BCUT2D eigenvalue weighted by molar-refractivity contribution is 7.12. The van der Waals surface area contributed by atoms with Crippen LogP contribution in [0.2, 0.25) is 0 Å². The summed E-state index contributed by atoms with van der Waals surface area (Å²) < 4.78 is 0. The number of hydrogen-bond donors (Lipinski definition) is 2. The first-order valence-corrected chi connectivity index (χ1v) is 6.08. The monoisotopic (exact) mass is 258 g/mol. The Kier molecular flexibility index (Phi) is 4.07. The molecule has 18 heavy (non-hydrogen) atoms. The Hall–Kier alpha value is -2.16. The van der Waals surface area contributed by atoms with Crippen LogP contribution in [-0.2, 0) is 0 Å². The van der Waals surface area contributed by atoms with E-state index < -0.39 is 0 Å². The maximum Gasteiger partial charge on any atom is 0.267 e. The molecule has 1 amide bonds. The lowest BCUT2D eigenvalue weighted by atomic mass is 10.2. The number of nitrogens with zero attached hydrogens (tertiary/aromatic N) is 1. The summed E-state index contributed by atoms with van der Waals surface area (Å²) >= 11 is 1.32. The molecule has 2 aromatic heterocycles. The lowest BCUT2D eigenvalue weighted by molar-refractivity contribution is 0.103. The molecule has 0 unspecified atom stereocenters. The van der Waals surface area contributed by atoms with Gasteiger partial charge < -0.3 is 10.4 Å². The van der Waals surface area contributed by atoms with Crippen molar-refractivity contribution in [3.8, 4) is 11.8 Å². The SMILES string of the molecule is O=C(Nc1ccncc1)c1sccc1C#CCO. The van der Waals surface area contributed by atoms with Gasteiger partial charge in [0.25, 0.3) is 5.91 Å². The third kappa shape index (κ3) is 2.94. The van der Waals surface area contributed by atoms with E-state index in [0.717, 1.165) is 0 Å². The second-order valence-electron chi connectivity index (χ2n) is 3.31. The molecule has 0 fully saturated rings. The van der Waals surface area contributed by atoms with Crippen molar-refractivity contribution >= 4 is 22.9 Å². The van der Waals surface area contributed by atoms with Crippen molar-refractivity contribution in [2.24, 2.45) is 0 Å². The minimum Gasteiger partial charge on any atom is -0.384 e. The standard InChI is InChI=1S/C13H10N2O2S/c16-8-1-2-10-5-9-18-12(10)13(17)15-11-3-6-14-7-4-11/h3-7,9,16H,8H2,(H,14,15,17).